The summed E-state index contributed by atoms with van der Waals surface area (Å²) in [5.41, 5.74) is 3.41. The minimum absolute atomic E-state index is 0.123. The highest BCUT2D eigenvalue weighted by Crippen LogP contribution is 2.15. The van der Waals surface area contributed by atoms with Crippen molar-refractivity contribution in [2.24, 2.45) is 5.10 Å². The molecule has 0 bridgehead atoms. The van der Waals surface area contributed by atoms with Crippen LogP contribution >= 0.6 is 11.6 Å². The maximum atomic E-state index is 12.0. The highest BCUT2D eigenvalue weighted by molar-refractivity contribution is 6.35. The Morgan fingerprint density at radius 1 is 1.09 bits per heavy atom. The van der Waals surface area contributed by atoms with Gasteiger partial charge >= 0.3 is 11.8 Å². The third-order valence-electron chi connectivity index (χ3n) is 4.00. The number of amides is 3. The van der Waals surface area contributed by atoms with E-state index in [1.54, 1.807) is 48.5 Å². The number of nitrogens with one attached hydrogen (secondary N) is 3. The van der Waals surface area contributed by atoms with Crippen LogP contribution in [-0.4, -0.2) is 49.8 Å². The molecular weight excluding hydrogens is 448 g/mol. The van der Waals surface area contributed by atoms with E-state index >= 15 is 0 Å². The molecule has 9 nitrogen and oxygen atoms in total. The highest BCUT2D eigenvalue weighted by Gasteiger charge is 2.11. The standard InChI is InChI=1S/C23H27ClN4O5/c1-16(2)32-12-4-11-25-22(30)23(31)28-26-14-17-7-9-20(10-8-17)33-15-21(29)27-19-6-3-5-18(24)13-19/h3,5-10,13-14,16H,4,11-12,15H2,1-2H3,(H,25,30)(H,27,29)(H,28,31)/b26-14-. The van der Waals surface area contributed by atoms with Crippen LogP contribution in [0.1, 0.15) is 25.8 Å². The number of anilines is 1. The molecule has 0 atom stereocenters. The van der Waals surface area contributed by atoms with Crippen LogP contribution < -0.4 is 20.8 Å². The molecule has 0 heterocycles. The van der Waals surface area contributed by atoms with Gasteiger partial charge in [-0.15, -0.1) is 0 Å². The van der Waals surface area contributed by atoms with Crippen LogP contribution in [0.15, 0.2) is 53.6 Å². The molecule has 0 saturated carbocycles. The van der Waals surface area contributed by atoms with Gasteiger partial charge in [0.05, 0.1) is 12.3 Å². The molecule has 0 aromatic heterocycles. The van der Waals surface area contributed by atoms with E-state index in [1.165, 1.54) is 6.21 Å². The predicted molar refractivity (Wildman–Crippen MR) is 126 cm³/mol. The zero-order valence-electron chi connectivity index (χ0n) is 18.5. The Kier molecular flexibility index (Phi) is 10.9. The minimum Gasteiger partial charge on any atom is -0.484 e. The first kappa shape index (κ1) is 25.8. The van der Waals surface area contributed by atoms with Crippen LogP contribution in [0.25, 0.3) is 0 Å². The van der Waals surface area contributed by atoms with Crippen LogP contribution in [0.3, 0.4) is 0 Å². The van der Waals surface area contributed by atoms with Gasteiger partial charge in [-0.25, -0.2) is 5.43 Å². The number of benzene rings is 2. The number of hydrogen-bond donors (Lipinski definition) is 3. The van der Waals surface area contributed by atoms with E-state index < -0.39 is 11.8 Å². The Labute approximate surface area is 197 Å². The maximum Gasteiger partial charge on any atom is 0.329 e. The smallest absolute Gasteiger partial charge is 0.329 e. The molecule has 33 heavy (non-hydrogen) atoms. The monoisotopic (exact) mass is 474 g/mol. The Balaban J connectivity index is 1.69. The van der Waals surface area contributed by atoms with Crippen LogP contribution in [0.5, 0.6) is 5.75 Å². The molecule has 0 aliphatic heterocycles. The van der Waals surface area contributed by atoms with Gasteiger partial charge in [0.25, 0.3) is 5.91 Å². The molecule has 10 heteroatoms. The first-order valence-electron chi connectivity index (χ1n) is 10.3. The average Bonchev–Trinajstić information content (AvgIpc) is 2.78. The normalized spacial score (nSPS) is 10.8. The molecule has 3 N–H and O–H groups in total. The summed E-state index contributed by atoms with van der Waals surface area (Å²) in [5, 5.41) is 9.46. The van der Waals surface area contributed by atoms with Gasteiger partial charge in [-0.3, -0.25) is 14.4 Å². The number of rotatable bonds is 11. The SMILES string of the molecule is CC(C)OCCCNC(=O)C(=O)N/N=C\c1ccc(OCC(=O)Nc2cccc(Cl)c2)cc1. The van der Waals surface area contributed by atoms with Gasteiger partial charge in [-0.2, -0.15) is 5.10 Å². The highest BCUT2D eigenvalue weighted by atomic mass is 35.5. The van der Waals surface area contributed by atoms with Gasteiger partial charge in [0.15, 0.2) is 6.61 Å². The second-order valence-corrected chi connectivity index (χ2v) is 7.58. The molecule has 176 valence electrons. The molecule has 0 aliphatic carbocycles. The van der Waals surface area contributed by atoms with Gasteiger partial charge in [0.1, 0.15) is 5.75 Å². The van der Waals surface area contributed by atoms with Crippen molar-refractivity contribution in [3.8, 4) is 5.75 Å². The van der Waals surface area contributed by atoms with Gasteiger partial charge in [-0.1, -0.05) is 17.7 Å². The predicted octanol–water partition coefficient (Wildman–Crippen LogP) is 2.74. The van der Waals surface area contributed by atoms with E-state index in [9.17, 15) is 14.4 Å². The third kappa shape index (κ3) is 10.6. The summed E-state index contributed by atoms with van der Waals surface area (Å²) in [6.07, 6.45) is 2.12. The van der Waals surface area contributed by atoms with E-state index in [2.05, 4.69) is 21.2 Å². The summed E-state index contributed by atoms with van der Waals surface area (Å²) in [5.74, 6) is -1.47. The first-order valence-corrected chi connectivity index (χ1v) is 10.7. The lowest BCUT2D eigenvalue weighted by molar-refractivity contribution is -0.139. The Hall–Kier alpha value is -3.43. The number of hydrazone groups is 1. The lowest BCUT2D eigenvalue weighted by Crippen LogP contribution is -2.38. The topological polar surface area (TPSA) is 118 Å². The van der Waals surface area contributed by atoms with Crippen LogP contribution in [0, 0.1) is 0 Å². The summed E-state index contributed by atoms with van der Waals surface area (Å²) in [6, 6.07) is 13.5. The van der Waals surface area contributed by atoms with Crippen molar-refractivity contribution in [3.05, 3.63) is 59.1 Å². The van der Waals surface area contributed by atoms with Gasteiger partial charge in [0.2, 0.25) is 0 Å². The summed E-state index contributed by atoms with van der Waals surface area (Å²) in [6.45, 7) is 4.51. The lowest BCUT2D eigenvalue weighted by Gasteiger charge is -2.08. The molecule has 0 fully saturated rings. The maximum absolute atomic E-state index is 12.0. The van der Waals surface area contributed by atoms with Crippen LogP contribution in [0.4, 0.5) is 5.69 Å². The summed E-state index contributed by atoms with van der Waals surface area (Å²) in [4.78, 5) is 35.4. The fourth-order valence-electron chi connectivity index (χ4n) is 2.45. The van der Waals surface area contributed by atoms with Crippen molar-refractivity contribution in [1.82, 2.24) is 10.7 Å². The zero-order valence-corrected chi connectivity index (χ0v) is 19.2. The Morgan fingerprint density at radius 3 is 2.55 bits per heavy atom. The Morgan fingerprint density at radius 2 is 1.85 bits per heavy atom. The van der Waals surface area contributed by atoms with Crippen LogP contribution in [0.2, 0.25) is 5.02 Å². The molecule has 3 amide bonds. The van der Waals surface area contributed by atoms with Gasteiger partial charge in [0, 0.05) is 23.9 Å². The van der Waals surface area contributed by atoms with E-state index in [4.69, 9.17) is 21.1 Å². The van der Waals surface area contributed by atoms with Crippen molar-refractivity contribution in [2.45, 2.75) is 26.4 Å². The molecular formula is C23H27ClN4O5. The number of nitrogens with zero attached hydrogens (tertiary/aromatic N) is 1. The molecule has 2 rings (SSSR count). The summed E-state index contributed by atoms with van der Waals surface area (Å²) >= 11 is 5.88. The average molecular weight is 475 g/mol. The second kappa shape index (κ2) is 13.9. The van der Waals surface area contributed by atoms with Gasteiger partial charge < -0.3 is 20.1 Å². The summed E-state index contributed by atoms with van der Waals surface area (Å²) in [7, 11) is 0. The molecule has 0 unspecified atom stereocenters. The van der Waals surface area contributed by atoms with Crippen molar-refractivity contribution < 1.29 is 23.9 Å². The van der Waals surface area contributed by atoms with Crippen LogP contribution in [-0.2, 0) is 19.1 Å². The number of carbonyl (C=O) groups excluding carboxylic acids is 3. The summed E-state index contributed by atoms with van der Waals surface area (Å²) < 4.78 is 10.8. The fourth-order valence-corrected chi connectivity index (χ4v) is 2.64. The fraction of sp³-hybridized carbons (Fsp3) is 0.304. The van der Waals surface area contributed by atoms with Crippen molar-refractivity contribution in [1.29, 1.82) is 0 Å². The molecule has 0 aliphatic rings. The number of ether oxygens (including phenoxy) is 2. The van der Waals surface area contributed by atoms with E-state index in [1.807, 2.05) is 13.8 Å². The lowest BCUT2D eigenvalue weighted by atomic mass is 10.2. The number of carbonyl (C=O) groups is 3. The minimum atomic E-state index is -0.860. The van der Waals surface area contributed by atoms with Crippen molar-refractivity contribution >= 4 is 41.2 Å². The first-order chi connectivity index (χ1) is 15.8. The third-order valence-corrected chi connectivity index (χ3v) is 4.24. The Bertz CT molecular complexity index is 964. The van der Waals surface area contributed by atoms with E-state index in [0.29, 0.717) is 41.6 Å². The molecule has 0 saturated heterocycles. The molecule has 0 radical (unpaired) electrons. The van der Waals surface area contributed by atoms with E-state index in [-0.39, 0.29) is 18.6 Å². The number of hydrogen-bond acceptors (Lipinski definition) is 6. The molecule has 2 aromatic carbocycles. The van der Waals surface area contributed by atoms with Gasteiger partial charge in [-0.05, 0) is 68.3 Å². The quantitative estimate of drug-likeness (QED) is 0.200. The second-order valence-electron chi connectivity index (χ2n) is 7.14. The van der Waals surface area contributed by atoms with Crippen molar-refractivity contribution in [3.63, 3.8) is 0 Å². The van der Waals surface area contributed by atoms with Crippen molar-refractivity contribution in [2.75, 3.05) is 25.1 Å². The largest absolute Gasteiger partial charge is 0.484 e. The molecule has 2 aromatic rings. The number of halogens is 1. The molecule has 0 spiro atoms. The zero-order chi connectivity index (χ0) is 24.1. The van der Waals surface area contributed by atoms with E-state index in [0.717, 1.165) is 0 Å².